The first-order chi connectivity index (χ1) is 6.36. The fraction of sp³-hybridized carbons (Fsp3) is 0.444. The number of rotatable bonds is 2. The molecule has 1 unspecified atom stereocenters. The number of thiophene rings is 1. The third kappa shape index (κ3) is 2.25. The average molecular weight is 212 g/mol. The lowest BCUT2D eigenvalue weighted by atomic mass is 10.2. The highest BCUT2D eigenvalue weighted by atomic mass is 32.2. The van der Waals surface area contributed by atoms with E-state index in [1.165, 1.54) is 5.56 Å². The number of nitrogens with one attached hydrogen (secondary N) is 1. The standard InChI is InChI=1S/C9H12N2S2/c1-7(8-2-4-12-6-8)11-9-10-3-5-13-9/h2,4,6-7H,3,5H2,1H3,(H,10,11). The second-order valence-electron chi connectivity index (χ2n) is 2.96. The number of hydrogen-bond donors (Lipinski definition) is 1. The number of hydrogen-bond acceptors (Lipinski definition) is 4. The van der Waals surface area contributed by atoms with E-state index in [1.807, 2.05) is 11.8 Å². The van der Waals surface area contributed by atoms with Crippen LogP contribution in [0.4, 0.5) is 0 Å². The van der Waals surface area contributed by atoms with Crippen molar-refractivity contribution in [2.45, 2.75) is 13.0 Å². The summed E-state index contributed by atoms with van der Waals surface area (Å²) < 4.78 is 0. The van der Waals surface area contributed by atoms with E-state index in [1.54, 1.807) is 11.3 Å². The molecular weight excluding hydrogens is 200 g/mol. The number of nitrogens with zero attached hydrogens (tertiary/aromatic N) is 1. The van der Waals surface area contributed by atoms with Gasteiger partial charge in [0.1, 0.15) is 0 Å². The van der Waals surface area contributed by atoms with Gasteiger partial charge in [-0.2, -0.15) is 11.3 Å². The first-order valence-corrected chi connectivity index (χ1v) is 6.25. The van der Waals surface area contributed by atoms with Crippen LogP contribution in [0.25, 0.3) is 0 Å². The highest BCUT2D eigenvalue weighted by Crippen LogP contribution is 2.18. The summed E-state index contributed by atoms with van der Waals surface area (Å²) >= 11 is 3.55. The van der Waals surface area contributed by atoms with Crippen molar-refractivity contribution in [3.63, 3.8) is 0 Å². The van der Waals surface area contributed by atoms with Crippen LogP contribution in [0.15, 0.2) is 21.8 Å². The van der Waals surface area contributed by atoms with Gasteiger partial charge < -0.3 is 5.32 Å². The normalized spacial score (nSPS) is 18.4. The molecule has 0 bridgehead atoms. The lowest BCUT2D eigenvalue weighted by molar-refractivity contribution is 0.726. The van der Waals surface area contributed by atoms with Crippen LogP contribution in [0, 0.1) is 0 Å². The van der Waals surface area contributed by atoms with E-state index in [0.29, 0.717) is 6.04 Å². The third-order valence-corrected chi connectivity index (χ3v) is 3.58. The third-order valence-electron chi connectivity index (χ3n) is 1.97. The molecule has 1 aromatic rings. The maximum absolute atomic E-state index is 4.36. The van der Waals surface area contributed by atoms with Crippen LogP contribution in [0.3, 0.4) is 0 Å². The van der Waals surface area contributed by atoms with Crippen molar-refractivity contribution in [3.8, 4) is 0 Å². The minimum atomic E-state index is 0.385. The number of aliphatic imine (C=N–C) groups is 1. The zero-order valence-corrected chi connectivity index (χ0v) is 9.12. The molecule has 0 spiro atoms. The summed E-state index contributed by atoms with van der Waals surface area (Å²) in [6.45, 7) is 3.13. The second-order valence-corrected chi connectivity index (χ2v) is 4.82. The molecule has 0 aliphatic carbocycles. The van der Waals surface area contributed by atoms with Gasteiger partial charge in [-0.15, -0.1) is 0 Å². The Kier molecular flexibility index (Phi) is 2.90. The Morgan fingerprint density at radius 2 is 2.54 bits per heavy atom. The van der Waals surface area contributed by atoms with Gasteiger partial charge in [0.25, 0.3) is 0 Å². The van der Waals surface area contributed by atoms with Gasteiger partial charge in [-0.25, -0.2) is 0 Å². The molecule has 0 saturated carbocycles. The van der Waals surface area contributed by atoms with Crippen molar-refractivity contribution >= 4 is 28.3 Å². The van der Waals surface area contributed by atoms with Crippen molar-refractivity contribution in [1.29, 1.82) is 0 Å². The minimum absolute atomic E-state index is 0.385. The molecule has 4 heteroatoms. The fourth-order valence-corrected chi connectivity index (χ4v) is 2.79. The van der Waals surface area contributed by atoms with Crippen LogP contribution in [-0.4, -0.2) is 17.5 Å². The fourth-order valence-electron chi connectivity index (χ4n) is 1.21. The molecule has 2 rings (SSSR count). The maximum atomic E-state index is 4.36. The molecule has 1 aliphatic heterocycles. The van der Waals surface area contributed by atoms with Crippen molar-refractivity contribution in [2.75, 3.05) is 12.3 Å². The lowest BCUT2D eigenvalue weighted by Crippen LogP contribution is -2.22. The van der Waals surface area contributed by atoms with Gasteiger partial charge in [-0.3, -0.25) is 4.99 Å². The Labute approximate surface area is 86.5 Å². The van der Waals surface area contributed by atoms with E-state index < -0.39 is 0 Å². The molecule has 1 aromatic heterocycles. The summed E-state index contributed by atoms with van der Waals surface area (Å²) in [5, 5.41) is 8.78. The zero-order chi connectivity index (χ0) is 9.10. The zero-order valence-electron chi connectivity index (χ0n) is 7.49. The predicted molar refractivity (Wildman–Crippen MR) is 60.6 cm³/mol. The van der Waals surface area contributed by atoms with E-state index >= 15 is 0 Å². The summed E-state index contributed by atoms with van der Waals surface area (Å²) in [6, 6.07) is 2.54. The molecule has 2 nitrogen and oxygen atoms in total. The van der Waals surface area contributed by atoms with E-state index in [2.05, 4.69) is 34.1 Å². The van der Waals surface area contributed by atoms with Gasteiger partial charge in [0.15, 0.2) is 5.17 Å². The first-order valence-electron chi connectivity index (χ1n) is 4.32. The summed E-state index contributed by atoms with van der Waals surface area (Å²) in [6.07, 6.45) is 0. The summed E-state index contributed by atoms with van der Waals surface area (Å²) in [7, 11) is 0. The molecule has 13 heavy (non-hydrogen) atoms. The molecule has 0 aromatic carbocycles. The maximum Gasteiger partial charge on any atom is 0.157 e. The quantitative estimate of drug-likeness (QED) is 0.814. The van der Waals surface area contributed by atoms with Crippen molar-refractivity contribution in [2.24, 2.45) is 4.99 Å². The van der Waals surface area contributed by atoms with Crippen LogP contribution < -0.4 is 5.32 Å². The summed E-state index contributed by atoms with van der Waals surface area (Å²) in [4.78, 5) is 4.36. The lowest BCUT2D eigenvalue weighted by Gasteiger charge is -2.12. The van der Waals surface area contributed by atoms with Crippen LogP contribution in [-0.2, 0) is 0 Å². The Morgan fingerprint density at radius 1 is 1.62 bits per heavy atom. The van der Waals surface area contributed by atoms with Gasteiger partial charge in [0.05, 0.1) is 12.6 Å². The molecule has 70 valence electrons. The molecule has 1 N–H and O–H groups in total. The van der Waals surface area contributed by atoms with Crippen molar-refractivity contribution in [1.82, 2.24) is 5.32 Å². The summed E-state index contributed by atoms with van der Waals surface area (Å²) in [5.74, 6) is 1.12. The van der Waals surface area contributed by atoms with E-state index in [4.69, 9.17) is 0 Å². The van der Waals surface area contributed by atoms with Crippen molar-refractivity contribution < 1.29 is 0 Å². The van der Waals surface area contributed by atoms with Crippen LogP contribution in [0.2, 0.25) is 0 Å². The molecule has 1 aliphatic rings. The molecule has 2 heterocycles. The Hall–Kier alpha value is -0.480. The Bertz CT molecular complexity index is 293. The van der Waals surface area contributed by atoms with Gasteiger partial charge >= 0.3 is 0 Å². The van der Waals surface area contributed by atoms with Gasteiger partial charge in [0.2, 0.25) is 0 Å². The number of amidine groups is 1. The van der Waals surface area contributed by atoms with E-state index in [-0.39, 0.29) is 0 Å². The Morgan fingerprint density at radius 3 is 3.15 bits per heavy atom. The molecular formula is C9H12N2S2. The first kappa shape index (κ1) is 9.09. The van der Waals surface area contributed by atoms with Gasteiger partial charge in [-0.05, 0) is 29.3 Å². The van der Waals surface area contributed by atoms with Crippen molar-refractivity contribution in [3.05, 3.63) is 22.4 Å². The highest BCUT2D eigenvalue weighted by molar-refractivity contribution is 8.14. The molecule has 0 amide bonds. The van der Waals surface area contributed by atoms with E-state index in [0.717, 1.165) is 17.5 Å². The summed E-state index contributed by atoms with van der Waals surface area (Å²) in [5.41, 5.74) is 1.35. The molecule has 0 radical (unpaired) electrons. The highest BCUT2D eigenvalue weighted by Gasteiger charge is 2.11. The van der Waals surface area contributed by atoms with Crippen LogP contribution in [0.5, 0.6) is 0 Å². The molecule has 1 atom stereocenters. The monoisotopic (exact) mass is 212 g/mol. The minimum Gasteiger partial charge on any atom is -0.358 e. The second kappa shape index (κ2) is 4.15. The van der Waals surface area contributed by atoms with Gasteiger partial charge in [0, 0.05) is 5.75 Å². The molecule has 0 saturated heterocycles. The van der Waals surface area contributed by atoms with Crippen LogP contribution >= 0.6 is 23.1 Å². The number of thioether (sulfide) groups is 1. The molecule has 0 fully saturated rings. The smallest absolute Gasteiger partial charge is 0.157 e. The van der Waals surface area contributed by atoms with E-state index in [9.17, 15) is 0 Å². The van der Waals surface area contributed by atoms with Gasteiger partial charge in [-0.1, -0.05) is 11.8 Å². The Balaban J connectivity index is 1.95. The van der Waals surface area contributed by atoms with Crippen LogP contribution in [0.1, 0.15) is 18.5 Å². The largest absolute Gasteiger partial charge is 0.358 e. The average Bonchev–Trinajstić information content (AvgIpc) is 2.74. The SMILES string of the molecule is CC(NC1=NCCS1)c1ccsc1. The topological polar surface area (TPSA) is 24.4 Å². The predicted octanol–water partition coefficient (Wildman–Crippen LogP) is 2.50.